The van der Waals surface area contributed by atoms with E-state index in [-0.39, 0.29) is 25.7 Å². The van der Waals surface area contributed by atoms with Gasteiger partial charge in [0.25, 0.3) is 0 Å². The Hall–Kier alpha value is -1.94. The Kier molecular flexibility index (Phi) is 61.5. The third-order valence-electron chi connectivity index (χ3n) is 17.0. The van der Waals surface area contributed by atoms with Crippen molar-refractivity contribution in [3.05, 3.63) is 0 Å². The highest BCUT2D eigenvalue weighted by molar-refractivity contribution is 7.47. The maximum absolute atomic E-state index is 13.0. The van der Waals surface area contributed by atoms with E-state index in [0.717, 1.165) is 120 Å². The lowest BCUT2D eigenvalue weighted by atomic mass is 9.99. The monoisotopic (exact) mass is 1340 g/mol. The van der Waals surface area contributed by atoms with E-state index >= 15 is 0 Å². The van der Waals surface area contributed by atoms with Crippen molar-refractivity contribution >= 4 is 39.5 Å². The van der Waals surface area contributed by atoms with Gasteiger partial charge in [0.2, 0.25) is 0 Å². The molecule has 0 saturated heterocycles. The third kappa shape index (κ3) is 65.1. The first-order valence-corrected chi connectivity index (χ1v) is 40.4. The molecule has 3 N–H and O–H groups in total. The van der Waals surface area contributed by atoms with Crippen molar-refractivity contribution in [1.29, 1.82) is 0 Å². The van der Waals surface area contributed by atoms with E-state index in [1.807, 2.05) is 0 Å². The van der Waals surface area contributed by atoms with Gasteiger partial charge in [-0.15, -0.1) is 0 Å². The van der Waals surface area contributed by atoms with Gasteiger partial charge in [-0.3, -0.25) is 37.3 Å². The van der Waals surface area contributed by atoms with Crippen LogP contribution in [0.2, 0.25) is 0 Å². The van der Waals surface area contributed by atoms with Gasteiger partial charge in [0.15, 0.2) is 12.2 Å². The number of ether oxygens (including phenoxy) is 4. The molecule has 3 unspecified atom stereocenters. The highest BCUT2D eigenvalue weighted by Crippen LogP contribution is 2.45. The number of aliphatic hydroxyl groups excluding tert-OH is 1. The van der Waals surface area contributed by atoms with Crippen molar-refractivity contribution in [2.45, 2.75) is 381 Å². The zero-order valence-electron chi connectivity index (χ0n) is 59.3. The Labute approximate surface area is 556 Å². The molecule has 17 nitrogen and oxygen atoms in total. The lowest BCUT2D eigenvalue weighted by Crippen LogP contribution is -2.30. The minimum Gasteiger partial charge on any atom is -0.462 e. The Balaban J connectivity index is 5.22. The number of phosphoric ester groups is 2. The average molecular weight is 1340 g/mol. The molecule has 0 heterocycles. The normalized spacial score (nSPS) is 14.5. The van der Waals surface area contributed by atoms with Crippen LogP contribution in [0, 0.1) is 17.8 Å². The molecule has 0 saturated carbocycles. The van der Waals surface area contributed by atoms with Gasteiger partial charge < -0.3 is 33.8 Å². The first kappa shape index (κ1) is 89.1. The summed E-state index contributed by atoms with van der Waals surface area (Å²) < 4.78 is 68.3. The quantitative estimate of drug-likeness (QED) is 0.0222. The molecule has 0 rings (SSSR count). The molecule has 0 aliphatic heterocycles. The first-order valence-electron chi connectivity index (χ1n) is 37.4. The largest absolute Gasteiger partial charge is 0.472 e. The van der Waals surface area contributed by atoms with Gasteiger partial charge in [0, 0.05) is 25.7 Å². The van der Waals surface area contributed by atoms with E-state index in [0.29, 0.717) is 25.7 Å². The predicted octanol–water partition coefficient (Wildman–Crippen LogP) is 20.6. The Morgan fingerprint density at radius 1 is 0.319 bits per heavy atom. The third-order valence-corrected chi connectivity index (χ3v) is 18.9. The molecule has 0 aliphatic rings. The molecule has 6 atom stereocenters. The van der Waals surface area contributed by atoms with Gasteiger partial charge in [0.05, 0.1) is 26.4 Å². The fourth-order valence-electron chi connectivity index (χ4n) is 10.9. The number of hydrogen-bond donors (Lipinski definition) is 3. The number of phosphoric acid groups is 2. The topological polar surface area (TPSA) is 237 Å². The van der Waals surface area contributed by atoms with Crippen LogP contribution in [0.5, 0.6) is 0 Å². The Morgan fingerprint density at radius 3 is 0.835 bits per heavy atom. The molecule has 0 amide bonds. The van der Waals surface area contributed by atoms with E-state index in [4.69, 9.17) is 37.0 Å². The molecule has 0 aliphatic carbocycles. The molecule has 540 valence electrons. The van der Waals surface area contributed by atoms with Gasteiger partial charge in [-0.1, -0.05) is 312 Å². The number of rotatable bonds is 70. The van der Waals surface area contributed by atoms with Crippen LogP contribution in [-0.4, -0.2) is 96.7 Å². The molecule has 91 heavy (non-hydrogen) atoms. The lowest BCUT2D eigenvalue weighted by molar-refractivity contribution is -0.161. The summed E-state index contributed by atoms with van der Waals surface area (Å²) in [5, 5.41) is 10.6. The van der Waals surface area contributed by atoms with Crippen LogP contribution in [0.15, 0.2) is 0 Å². The van der Waals surface area contributed by atoms with Crippen molar-refractivity contribution in [3.8, 4) is 0 Å². The van der Waals surface area contributed by atoms with Crippen LogP contribution in [-0.2, 0) is 65.4 Å². The second-order valence-corrected chi connectivity index (χ2v) is 30.1. The van der Waals surface area contributed by atoms with Gasteiger partial charge in [-0.25, -0.2) is 9.13 Å². The van der Waals surface area contributed by atoms with Crippen molar-refractivity contribution in [2.75, 3.05) is 39.6 Å². The fraction of sp³-hybridized carbons (Fsp3) is 0.944. The molecule has 0 bridgehead atoms. The van der Waals surface area contributed by atoms with Crippen LogP contribution in [0.1, 0.15) is 363 Å². The molecule has 0 aromatic carbocycles. The summed E-state index contributed by atoms with van der Waals surface area (Å²) in [6.45, 7) is 11.9. The van der Waals surface area contributed by atoms with Crippen LogP contribution in [0.4, 0.5) is 0 Å². The second kappa shape index (κ2) is 62.8. The van der Waals surface area contributed by atoms with Crippen molar-refractivity contribution in [1.82, 2.24) is 0 Å². The van der Waals surface area contributed by atoms with Gasteiger partial charge in [-0.2, -0.15) is 0 Å². The number of unbranched alkanes of at least 4 members (excludes halogenated alkanes) is 37. The summed E-state index contributed by atoms with van der Waals surface area (Å²) in [4.78, 5) is 72.5. The van der Waals surface area contributed by atoms with Crippen LogP contribution in [0.3, 0.4) is 0 Å². The van der Waals surface area contributed by atoms with E-state index in [1.54, 1.807) is 0 Å². The minimum absolute atomic E-state index is 0.106. The minimum atomic E-state index is -4.95. The van der Waals surface area contributed by atoms with Crippen molar-refractivity contribution in [2.24, 2.45) is 17.8 Å². The molecular weight excluding hydrogens is 1200 g/mol. The molecule has 0 aromatic heterocycles. The molecule has 19 heteroatoms. The maximum atomic E-state index is 13.0. The van der Waals surface area contributed by atoms with Gasteiger partial charge in [0.1, 0.15) is 19.3 Å². The van der Waals surface area contributed by atoms with E-state index in [2.05, 4.69) is 48.5 Å². The fourth-order valence-corrected chi connectivity index (χ4v) is 12.4. The summed E-state index contributed by atoms with van der Waals surface area (Å²) in [6.07, 6.45) is 47.2. The number of hydrogen-bond acceptors (Lipinski definition) is 15. The first-order chi connectivity index (χ1) is 43.8. The zero-order valence-corrected chi connectivity index (χ0v) is 61.1. The summed E-state index contributed by atoms with van der Waals surface area (Å²) in [5.41, 5.74) is 0. The lowest BCUT2D eigenvalue weighted by Gasteiger charge is -2.21. The number of carbonyl (C=O) groups excluding carboxylic acids is 4. The molecule has 0 radical (unpaired) electrons. The van der Waals surface area contributed by atoms with Crippen molar-refractivity contribution in [3.63, 3.8) is 0 Å². The maximum Gasteiger partial charge on any atom is 0.472 e. The summed E-state index contributed by atoms with van der Waals surface area (Å²) in [7, 11) is -9.90. The number of carbonyl (C=O) groups is 4. The zero-order chi connectivity index (χ0) is 67.3. The van der Waals surface area contributed by atoms with Crippen LogP contribution in [0.25, 0.3) is 0 Å². The predicted molar refractivity (Wildman–Crippen MR) is 368 cm³/mol. The molecule has 0 spiro atoms. The summed E-state index contributed by atoms with van der Waals surface area (Å²) in [6, 6.07) is 0. The van der Waals surface area contributed by atoms with Gasteiger partial charge in [-0.05, 0) is 43.4 Å². The summed E-state index contributed by atoms with van der Waals surface area (Å²) in [5.74, 6) is 0.234. The smallest absolute Gasteiger partial charge is 0.462 e. The van der Waals surface area contributed by atoms with E-state index in [1.165, 1.54) is 161 Å². The van der Waals surface area contributed by atoms with E-state index < -0.39 is 97.5 Å². The van der Waals surface area contributed by atoms with Crippen LogP contribution >= 0.6 is 15.6 Å². The number of aliphatic hydroxyl groups is 1. The standard InChI is InChI=1S/C72H140O17P2/c1-8-10-11-12-29-39-46-53-69(74)82-59-67(88-72(77)56-49-42-35-28-22-21-25-32-38-45-52-65(7)9-2)61-86-90(78,79)84-57-66(73)58-85-91(80,81)87-62-68(60-83-70(75)54-47-40-33-26-20-16-18-24-31-37-44-51-64(5)6)89-71(76)55-48-41-34-27-19-15-13-14-17-23-30-36-43-50-63(3)4/h63-68,73H,8-62H2,1-7H3,(H,78,79)(H,80,81)/t65?,66-,67+,68+/m0/s1. The second-order valence-electron chi connectivity index (χ2n) is 27.2. The van der Waals surface area contributed by atoms with E-state index in [9.17, 15) is 43.2 Å². The molecule has 0 aromatic rings. The van der Waals surface area contributed by atoms with Crippen LogP contribution < -0.4 is 0 Å². The number of esters is 4. The summed E-state index contributed by atoms with van der Waals surface area (Å²) >= 11 is 0. The van der Waals surface area contributed by atoms with Crippen molar-refractivity contribution < 1.29 is 80.2 Å². The van der Waals surface area contributed by atoms with Gasteiger partial charge >= 0.3 is 39.5 Å². The molecule has 0 fully saturated rings. The Bertz CT molecular complexity index is 1790. The average Bonchev–Trinajstić information content (AvgIpc) is 3.52. The highest BCUT2D eigenvalue weighted by atomic mass is 31.2. The SMILES string of the molecule is CCCCCCCCCC(=O)OC[C@H](COP(=O)(O)OC[C@H](O)COP(=O)(O)OC[C@@H](COC(=O)CCCCCCCCCCCCCC(C)C)OC(=O)CCCCCCCCCCCCCCCC(C)C)OC(=O)CCCCCCCCCCCCC(C)CC. The Morgan fingerprint density at radius 2 is 0.560 bits per heavy atom. The molecular formula is C72H140O17P2. The highest BCUT2D eigenvalue weighted by Gasteiger charge is 2.30.